The van der Waals surface area contributed by atoms with Crippen molar-refractivity contribution in [1.29, 1.82) is 0 Å². The Morgan fingerprint density at radius 1 is 2.00 bits per heavy atom. The summed E-state index contributed by atoms with van der Waals surface area (Å²) in [7, 11) is 0. The molecule has 0 aromatic heterocycles. The first-order chi connectivity index (χ1) is 3.31. The first-order valence-electron chi connectivity index (χ1n) is 1.85. The summed E-state index contributed by atoms with van der Waals surface area (Å²) in [5.41, 5.74) is 0. The Bertz CT molecular complexity index is 58.9. The van der Waals surface area contributed by atoms with Gasteiger partial charge in [0.05, 0.1) is 5.88 Å². The lowest BCUT2D eigenvalue weighted by molar-refractivity contribution is 0.0842. The molecule has 0 N–H and O–H groups in total. The van der Waals surface area contributed by atoms with Crippen molar-refractivity contribution in [3.8, 4) is 0 Å². The van der Waals surface area contributed by atoms with Gasteiger partial charge in [0, 0.05) is 0 Å². The maximum Gasteiger partial charge on any atom is 0.155 e. The highest BCUT2D eigenvalue weighted by atomic mass is 35.5. The average Bonchev–Trinajstić information content (AvgIpc) is 1.68. The molecule has 0 aliphatic carbocycles. The van der Waals surface area contributed by atoms with Crippen molar-refractivity contribution in [1.82, 2.24) is 0 Å². The molecule has 0 rings (SSSR count). The SMILES string of the molecule is CC(CCl)ON=O. The fourth-order valence-electron chi connectivity index (χ4n) is 0.102. The molecule has 42 valence electrons. The lowest BCUT2D eigenvalue weighted by atomic mass is 10.5. The molecule has 0 fully saturated rings. The number of rotatable bonds is 3. The van der Waals surface area contributed by atoms with E-state index in [0.717, 1.165) is 0 Å². The predicted molar refractivity (Wildman–Crippen MR) is 27.1 cm³/mol. The molecule has 0 aromatic rings. The quantitative estimate of drug-likeness (QED) is 0.323. The Labute approximate surface area is 46.5 Å². The van der Waals surface area contributed by atoms with Gasteiger partial charge in [0.2, 0.25) is 0 Å². The molecule has 0 aliphatic rings. The van der Waals surface area contributed by atoms with E-state index in [1.54, 1.807) is 6.92 Å². The van der Waals surface area contributed by atoms with Crippen LogP contribution in [0.15, 0.2) is 5.34 Å². The number of hydrogen-bond acceptors (Lipinski definition) is 3. The second kappa shape index (κ2) is 3.87. The normalized spacial score (nSPS) is 12.9. The Hall–Kier alpha value is -0.310. The fraction of sp³-hybridized carbons (Fsp3) is 1.00. The maximum atomic E-state index is 9.24. The molecule has 0 heterocycles. The first-order valence-corrected chi connectivity index (χ1v) is 2.39. The number of hydrogen-bond donors (Lipinski definition) is 0. The zero-order chi connectivity index (χ0) is 5.70. The third-order valence-electron chi connectivity index (χ3n) is 0.440. The molecule has 0 aliphatic heterocycles. The number of alkyl halides is 1. The van der Waals surface area contributed by atoms with Crippen molar-refractivity contribution in [3.05, 3.63) is 4.91 Å². The van der Waals surface area contributed by atoms with E-state index in [0.29, 0.717) is 5.88 Å². The highest BCUT2D eigenvalue weighted by molar-refractivity contribution is 6.18. The summed E-state index contributed by atoms with van der Waals surface area (Å²) in [6, 6.07) is 0. The lowest BCUT2D eigenvalue weighted by Gasteiger charge is -1.97. The minimum absolute atomic E-state index is 0.265. The molecule has 3 nitrogen and oxygen atoms in total. The summed E-state index contributed by atoms with van der Waals surface area (Å²) in [5, 5.41) is 2.17. The Balaban J connectivity index is 2.98. The van der Waals surface area contributed by atoms with Crippen LogP contribution in [0.25, 0.3) is 0 Å². The van der Waals surface area contributed by atoms with Crippen LogP contribution in [-0.2, 0) is 4.84 Å². The van der Waals surface area contributed by atoms with E-state index in [4.69, 9.17) is 11.6 Å². The largest absolute Gasteiger partial charge is 0.360 e. The van der Waals surface area contributed by atoms with E-state index in [1.807, 2.05) is 0 Å². The van der Waals surface area contributed by atoms with Gasteiger partial charge in [-0.15, -0.1) is 16.5 Å². The Morgan fingerprint density at radius 3 is 2.71 bits per heavy atom. The molecule has 0 bridgehead atoms. The fourth-order valence-corrected chi connectivity index (χ4v) is 0.158. The van der Waals surface area contributed by atoms with Crippen molar-refractivity contribution >= 4 is 11.6 Å². The molecule has 0 radical (unpaired) electrons. The highest BCUT2D eigenvalue weighted by Crippen LogP contribution is 1.91. The zero-order valence-electron chi connectivity index (χ0n) is 3.93. The average molecular weight is 124 g/mol. The molecule has 0 saturated heterocycles. The molecular formula is C3H6ClNO2. The third kappa shape index (κ3) is 3.52. The van der Waals surface area contributed by atoms with Gasteiger partial charge in [-0.25, -0.2) is 0 Å². The van der Waals surface area contributed by atoms with Crippen LogP contribution in [0.2, 0.25) is 0 Å². The van der Waals surface area contributed by atoms with Gasteiger partial charge in [-0.3, -0.25) is 0 Å². The molecule has 1 unspecified atom stereocenters. The molecule has 0 spiro atoms. The smallest absolute Gasteiger partial charge is 0.155 e. The maximum absolute atomic E-state index is 9.24. The summed E-state index contributed by atoms with van der Waals surface area (Å²) >= 11 is 5.21. The Morgan fingerprint density at radius 2 is 2.57 bits per heavy atom. The van der Waals surface area contributed by atoms with Gasteiger partial charge in [0.15, 0.2) is 5.34 Å². The molecule has 7 heavy (non-hydrogen) atoms. The summed E-state index contributed by atoms with van der Waals surface area (Å²) in [4.78, 5) is 13.4. The Kier molecular flexibility index (Phi) is 3.69. The van der Waals surface area contributed by atoms with Gasteiger partial charge in [0.1, 0.15) is 6.10 Å². The van der Waals surface area contributed by atoms with Gasteiger partial charge in [-0.1, -0.05) is 0 Å². The van der Waals surface area contributed by atoms with Gasteiger partial charge in [-0.2, -0.15) is 0 Å². The first kappa shape index (κ1) is 6.69. The van der Waals surface area contributed by atoms with E-state index >= 15 is 0 Å². The van der Waals surface area contributed by atoms with E-state index in [9.17, 15) is 4.91 Å². The van der Waals surface area contributed by atoms with Crippen LogP contribution in [0.3, 0.4) is 0 Å². The van der Waals surface area contributed by atoms with Crippen molar-refractivity contribution in [2.24, 2.45) is 5.34 Å². The summed E-state index contributed by atoms with van der Waals surface area (Å²) in [5.74, 6) is 0.297. The highest BCUT2D eigenvalue weighted by Gasteiger charge is 1.96. The second-order valence-electron chi connectivity index (χ2n) is 1.14. The van der Waals surface area contributed by atoms with Crippen molar-refractivity contribution in [3.63, 3.8) is 0 Å². The summed E-state index contributed by atoms with van der Waals surface area (Å²) in [6.07, 6.45) is -0.265. The van der Waals surface area contributed by atoms with Crippen LogP contribution in [0.4, 0.5) is 0 Å². The molecule has 0 saturated carbocycles. The molecule has 4 heteroatoms. The van der Waals surface area contributed by atoms with Crippen LogP contribution in [-0.4, -0.2) is 12.0 Å². The van der Waals surface area contributed by atoms with Crippen LogP contribution < -0.4 is 0 Å². The van der Waals surface area contributed by atoms with Crippen molar-refractivity contribution in [2.45, 2.75) is 13.0 Å². The molecule has 0 aromatic carbocycles. The zero-order valence-corrected chi connectivity index (χ0v) is 4.68. The van der Waals surface area contributed by atoms with Gasteiger partial charge >= 0.3 is 0 Å². The summed E-state index contributed by atoms with van der Waals surface area (Å²) < 4.78 is 0. The van der Waals surface area contributed by atoms with Crippen LogP contribution in [0, 0.1) is 4.91 Å². The number of halogens is 1. The minimum Gasteiger partial charge on any atom is -0.360 e. The monoisotopic (exact) mass is 123 g/mol. The minimum atomic E-state index is -0.265. The molecule has 1 atom stereocenters. The second-order valence-corrected chi connectivity index (χ2v) is 1.45. The van der Waals surface area contributed by atoms with Gasteiger partial charge < -0.3 is 4.84 Å². The molecule has 0 amide bonds. The standard InChI is InChI=1S/C3H6ClNO2/c1-3(2-4)7-5-6/h3H,2H2,1H3. The van der Waals surface area contributed by atoms with E-state index in [1.165, 1.54) is 0 Å². The van der Waals surface area contributed by atoms with E-state index in [-0.39, 0.29) is 6.10 Å². The lowest BCUT2D eigenvalue weighted by Crippen LogP contribution is -2.03. The summed E-state index contributed by atoms with van der Waals surface area (Å²) in [6.45, 7) is 1.66. The third-order valence-corrected chi connectivity index (χ3v) is 0.875. The van der Waals surface area contributed by atoms with Crippen LogP contribution >= 0.6 is 11.6 Å². The van der Waals surface area contributed by atoms with Crippen molar-refractivity contribution < 1.29 is 4.84 Å². The van der Waals surface area contributed by atoms with Gasteiger partial charge in [0.25, 0.3) is 0 Å². The topological polar surface area (TPSA) is 38.7 Å². The predicted octanol–water partition coefficient (Wildman–Crippen LogP) is 1.31. The van der Waals surface area contributed by atoms with Crippen molar-refractivity contribution in [2.75, 3.05) is 5.88 Å². The molecular weight excluding hydrogens is 117 g/mol. The van der Waals surface area contributed by atoms with E-state index < -0.39 is 0 Å². The number of nitrogens with zero attached hydrogens (tertiary/aromatic N) is 1. The van der Waals surface area contributed by atoms with E-state index in [2.05, 4.69) is 10.2 Å². The van der Waals surface area contributed by atoms with Crippen LogP contribution in [0.1, 0.15) is 6.92 Å². The van der Waals surface area contributed by atoms with Crippen LogP contribution in [0.5, 0.6) is 0 Å². The van der Waals surface area contributed by atoms with Gasteiger partial charge in [-0.05, 0) is 6.92 Å².